The van der Waals surface area contributed by atoms with Crippen molar-refractivity contribution in [3.63, 3.8) is 0 Å². The van der Waals surface area contributed by atoms with Crippen LogP contribution in [-0.4, -0.2) is 18.5 Å². The minimum Gasteiger partial charge on any atom is -0.334 e. The molecular formula is C18H20BrN3O2. The first-order valence-electron chi connectivity index (χ1n) is 7.65. The molecule has 6 heteroatoms. The van der Waals surface area contributed by atoms with Gasteiger partial charge in [-0.05, 0) is 30.2 Å². The maximum atomic E-state index is 11.8. The molecule has 24 heavy (non-hydrogen) atoms. The van der Waals surface area contributed by atoms with E-state index in [1.807, 2.05) is 61.5 Å². The fourth-order valence-corrected chi connectivity index (χ4v) is 2.37. The van der Waals surface area contributed by atoms with Gasteiger partial charge < -0.3 is 10.6 Å². The summed E-state index contributed by atoms with van der Waals surface area (Å²) in [6, 6.07) is 16.9. The van der Waals surface area contributed by atoms with Crippen molar-refractivity contribution in [3.8, 4) is 0 Å². The summed E-state index contributed by atoms with van der Waals surface area (Å²) in [5, 5.41) is 8.05. The Bertz CT molecular complexity index is 674. The van der Waals surface area contributed by atoms with Gasteiger partial charge in [0.05, 0.1) is 6.54 Å². The van der Waals surface area contributed by atoms with E-state index in [0.29, 0.717) is 6.54 Å². The molecule has 0 unspecified atom stereocenters. The van der Waals surface area contributed by atoms with Crippen LogP contribution < -0.4 is 16.0 Å². The molecule has 0 aliphatic carbocycles. The van der Waals surface area contributed by atoms with Crippen molar-refractivity contribution in [2.75, 3.05) is 6.54 Å². The van der Waals surface area contributed by atoms with Crippen LogP contribution in [0.25, 0.3) is 0 Å². The number of nitrogens with one attached hydrogen (secondary N) is 3. The van der Waals surface area contributed by atoms with Crippen molar-refractivity contribution in [3.05, 3.63) is 70.2 Å². The van der Waals surface area contributed by atoms with E-state index in [1.165, 1.54) is 0 Å². The predicted molar refractivity (Wildman–Crippen MR) is 97.4 cm³/mol. The maximum Gasteiger partial charge on any atom is 0.321 e. The summed E-state index contributed by atoms with van der Waals surface area (Å²) in [6.45, 7) is 2.41. The third-order valence-electron chi connectivity index (χ3n) is 3.49. The van der Waals surface area contributed by atoms with Gasteiger partial charge in [-0.1, -0.05) is 58.4 Å². The van der Waals surface area contributed by atoms with E-state index in [-0.39, 0.29) is 18.5 Å². The van der Waals surface area contributed by atoms with Crippen LogP contribution >= 0.6 is 15.9 Å². The molecule has 0 radical (unpaired) electrons. The smallest absolute Gasteiger partial charge is 0.321 e. The molecule has 0 heterocycles. The van der Waals surface area contributed by atoms with Gasteiger partial charge in [0.15, 0.2) is 0 Å². The Kier molecular flexibility index (Phi) is 6.96. The Labute approximate surface area is 150 Å². The number of imide groups is 1. The van der Waals surface area contributed by atoms with Crippen LogP contribution in [0.5, 0.6) is 0 Å². The van der Waals surface area contributed by atoms with E-state index in [9.17, 15) is 9.59 Å². The first-order chi connectivity index (χ1) is 11.5. The van der Waals surface area contributed by atoms with Gasteiger partial charge in [0.2, 0.25) is 5.91 Å². The van der Waals surface area contributed by atoms with Gasteiger partial charge in [-0.15, -0.1) is 0 Å². The van der Waals surface area contributed by atoms with E-state index < -0.39 is 6.03 Å². The lowest BCUT2D eigenvalue weighted by atomic mass is 10.1. The fraction of sp³-hybridized carbons (Fsp3) is 0.222. The number of carbonyl (C=O) groups is 2. The standard InChI is InChI=1S/C18H20BrN3O2/c1-13(15-7-9-16(19)10-8-15)20-12-17(23)22-18(24)21-11-14-5-3-2-4-6-14/h2-10,13,20H,11-12H2,1H3,(H2,21,22,23,24)/t13-/m1/s1. The molecule has 0 aliphatic rings. The summed E-state index contributed by atoms with van der Waals surface area (Å²) in [4.78, 5) is 23.5. The molecule has 5 nitrogen and oxygen atoms in total. The van der Waals surface area contributed by atoms with Crippen molar-refractivity contribution in [1.29, 1.82) is 0 Å². The highest BCUT2D eigenvalue weighted by Gasteiger charge is 2.10. The second-order valence-electron chi connectivity index (χ2n) is 5.37. The molecule has 3 amide bonds. The zero-order valence-electron chi connectivity index (χ0n) is 13.4. The van der Waals surface area contributed by atoms with E-state index in [4.69, 9.17) is 0 Å². The Hall–Kier alpha value is -2.18. The number of rotatable bonds is 6. The number of hydrogen-bond donors (Lipinski definition) is 3. The maximum absolute atomic E-state index is 11.8. The van der Waals surface area contributed by atoms with Gasteiger partial charge in [0.1, 0.15) is 0 Å². The molecule has 0 aliphatic heterocycles. The summed E-state index contributed by atoms with van der Waals surface area (Å²) in [7, 11) is 0. The van der Waals surface area contributed by atoms with Crippen LogP contribution in [0.4, 0.5) is 4.79 Å². The SMILES string of the molecule is C[C@@H](NCC(=O)NC(=O)NCc1ccccc1)c1ccc(Br)cc1. The zero-order valence-corrected chi connectivity index (χ0v) is 15.0. The average Bonchev–Trinajstić information content (AvgIpc) is 2.59. The van der Waals surface area contributed by atoms with E-state index in [1.54, 1.807) is 0 Å². The summed E-state index contributed by atoms with van der Waals surface area (Å²) in [5.41, 5.74) is 2.04. The first-order valence-corrected chi connectivity index (χ1v) is 8.44. The monoisotopic (exact) mass is 389 g/mol. The summed E-state index contributed by atoms with van der Waals surface area (Å²) in [6.07, 6.45) is 0. The van der Waals surface area contributed by atoms with Crippen molar-refractivity contribution in [2.45, 2.75) is 19.5 Å². The molecule has 2 rings (SSSR count). The minimum atomic E-state index is -0.498. The van der Waals surface area contributed by atoms with Gasteiger partial charge in [0.25, 0.3) is 0 Å². The molecule has 0 saturated carbocycles. The van der Waals surface area contributed by atoms with Crippen LogP contribution in [0.2, 0.25) is 0 Å². The quantitative estimate of drug-likeness (QED) is 0.710. The summed E-state index contributed by atoms with van der Waals surface area (Å²) < 4.78 is 1.01. The Balaban J connectivity index is 1.70. The topological polar surface area (TPSA) is 70.2 Å². The van der Waals surface area contributed by atoms with Crippen LogP contribution in [-0.2, 0) is 11.3 Å². The molecular weight excluding hydrogens is 370 g/mol. The summed E-state index contributed by atoms with van der Waals surface area (Å²) >= 11 is 3.39. The van der Waals surface area contributed by atoms with Gasteiger partial charge in [-0.25, -0.2) is 4.79 Å². The minimum absolute atomic E-state index is 0.0104. The lowest BCUT2D eigenvalue weighted by Crippen LogP contribution is -2.43. The van der Waals surface area contributed by atoms with E-state index in [0.717, 1.165) is 15.6 Å². The Morgan fingerprint density at radius 3 is 2.38 bits per heavy atom. The second-order valence-corrected chi connectivity index (χ2v) is 6.29. The van der Waals surface area contributed by atoms with Gasteiger partial charge in [-0.2, -0.15) is 0 Å². The van der Waals surface area contributed by atoms with E-state index in [2.05, 4.69) is 31.9 Å². The number of hydrogen-bond acceptors (Lipinski definition) is 3. The zero-order chi connectivity index (χ0) is 17.4. The third kappa shape index (κ3) is 6.14. The molecule has 0 bridgehead atoms. The molecule has 0 saturated heterocycles. The van der Waals surface area contributed by atoms with E-state index >= 15 is 0 Å². The molecule has 0 spiro atoms. The van der Waals surface area contributed by atoms with Crippen molar-refractivity contribution in [1.82, 2.24) is 16.0 Å². The number of urea groups is 1. The van der Waals surface area contributed by atoms with Crippen LogP contribution in [0.1, 0.15) is 24.1 Å². The van der Waals surface area contributed by atoms with Crippen molar-refractivity contribution >= 4 is 27.9 Å². The molecule has 2 aromatic rings. The molecule has 1 atom stereocenters. The summed E-state index contributed by atoms with van der Waals surface area (Å²) in [5.74, 6) is -0.371. The second kappa shape index (κ2) is 9.20. The van der Waals surface area contributed by atoms with Crippen LogP contribution in [0.3, 0.4) is 0 Å². The third-order valence-corrected chi connectivity index (χ3v) is 4.02. The highest BCUT2D eigenvalue weighted by molar-refractivity contribution is 9.10. The van der Waals surface area contributed by atoms with Gasteiger partial charge >= 0.3 is 6.03 Å². The predicted octanol–water partition coefficient (Wildman–Crippen LogP) is 3.13. The Morgan fingerprint density at radius 1 is 1.04 bits per heavy atom. The highest BCUT2D eigenvalue weighted by Crippen LogP contribution is 2.16. The van der Waals surface area contributed by atoms with Crippen LogP contribution in [0.15, 0.2) is 59.1 Å². The lowest BCUT2D eigenvalue weighted by Gasteiger charge is -2.14. The average molecular weight is 390 g/mol. The fourth-order valence-electron chi connectivity index (χ4n) is 2.11. The number of benzene rings is 2. The molecule has 126 valence electrons. The molecule has 0 fully saturated rings. The Morgan fingerprint density at radius 2 is 1.71 bits per heavy atom. The normalized spacial score (nSPS) is 11.6. The van der Waals surface area contributed by atoms with Gasteiger partial charge in [-0.3, -0.25) is 10.1 Å². The highest BCUT2D eigenvalue weighted by atomic mass is 79.9. The number of amides is 3. The van der Waals surface area contributed by atoms with Crippen molar-refractivity contribution in [2.24, 2.45) is 0 Å². The molecule has 0 aromatic heterocycles. The lowest BCUT2D eigenvalue weighted by molar-refractivity contribution is -0.119. The first kappa shape index (κ1) is 18.2. The van der Waals surface area contributed by atoms with Crippen LogP contribution in [0, 0.1) is 0 Å². The molecule has 2 aromatic carbocycles. The number of halogens is 1. The van der Waals surface area contributed by atoms with Crippen molar-refractivity contribution < 1.29 is 9.59 Å². The molecule has 3 N–H and O–H groups in total. The number of carbonyl (C=O) groups excluding carboxylic acids is 2. The van der Waals surface area contributed by atoms with Gasteiger partial charge in [0, 0.05) is 17.1 Å². The largest absolute Gasteiger partial charge is 0.334 e.